The first-order valence-electron chi connectivity index (χ1n) is 17.6. The molecule has 0 radical (unpaired) electrons. The van der Waals surface area contributed by atoms with Crippen LogP contribution in [0.2, 0.25) is 0 Å². The number of benzene rings is 3. The summed E-state index contributed by atoms with van der Waals surface area (Å²) in [6.07, 6.45) is 2.94. The monoisotopic (exact) mass is 718 g/mol. The summed E-state index contributed by atoms with van der Waals surface area (Å²) in [4.78, 5) is 45.6. The summed E-state index contributed by atoms with van der Waals surface area (Å²) < 4.78 is 51.0. The number of Topliss-reactive ketones (excluding diaryl/α,β-unsaturated/α-hetero) is 1. The van der Waals surface area contributed by atoms with Crippen molar-refractivity contribution < 1.29 is 31.9 Å². The molecular formula is C39H47FN4O6S. The summed E-state index contributed by atoms with van der Waals surface area (Å²) in [5, 5.41) is 0. The first-order chi connectivity index (χ1) is 24.5. The van der Waals surface area contributed by atoms with E-state index >= 15 is 4.39 Å². The first-order valence-corrected chi connectivity index (χ1v) is 19.1. The third-order valence-corrected chi connectivity index (χ3v) is 9.79. The van der Waals surface area contributed by atoms with Crippen molar-refractivity contribution in [3.63, 3.8) is 0 Å². The minimum Gasteiger partial charge on any atom is -0.449 e. The van der Waals surface area contributed by atoms with Gasteiger partial charge in [0, 0.05) is 42.6 Å². The zero-order valence-corrected chi connectivity index (χ0v) is 30.6. The van der Waals surface area contributed by atoms with E-state index in [0.717, 1.165) is 19.3 Å². The number of halogens is 1. The lowest BCUT2D eigenvalue weighted by Crippen LogP contribution is -2.34. The zero-order chi connectivity index (χ0) is 37.0. The van der Waals surface area contributed by atoms with E-state index in [1.165, 1.54) is 24.3 Å². The minimum atomic E-state index is -4.33. The van der Waals surface area contributed by atoms with E-state index in [1.807, 2.05) is 38.5 Å². The average Bonchev–Trinajstić information content (AvgIpc) is 3.47. The summed E-state index contributed by atoms with van der Waals surface area (Å²) in [6.45, 7) is 8.67. The second-order valence-electron chi connectivity index (χ2n) is 12.2. The predicted molar refractivity (Wildman–Crippen MR) is 195 cm³/mol. The summed E-state index contributed by atoms with van der Waals surface area (Å²) in [5.74, 6) is -0.247. The topological polar surface area (TPSA) is 128 Å². The third-order valence-electron chi connectivity index (χ3n) is 8.42. The standard InChI is InChI=1S/C39H47FN4O6S/c1-5-9-25-50-39(47)42-51(48,49)35-19-14-13-18-31(35)29-20-21-30(32(40)26-29)27-44-36(15-6-2)41-33(8-4)37(44)34(45)22-24-43(23-7-3)38(46)28-16-11-10-12-17-28/h10-14,16-21,26H,5-9,15,22-25,27H2,1-4H3,(H,42,47). The molecule has 0 aliphatic heterocycles. The highest BCUT2D eigenvalue weighted by atomic mass is 32.2. The Morgan fingerprint density at radius 1 is 0.902 bits per heavy atom. The number of nitrogens with one attached hydrogen (secondary N) is 1. The molecule has 51 heavy (non-hydrogen) atoms. The van der Waals surface area contributed by atoms with Gasteiger partial charge in [-0.1, -0.05) is 82.6 Å². The van der Waals surface area contributed by atoms with E-state index in [0.29, 0.717) is 54.1 Å². The zero-order valence-electron chi connectivity index (χ0n) is 29.8. The Labute approximate surface area is 300 Å². The van der Waals surface area contributed by atoms with E-state index in [9.17, 15) is 22.8 Å². The number of nitrogens with zero attached hydrogens (tertiary/aromatic N) is 3. The van der Waals surface area contributed by atoms with Crippen molar-refractivity contribution in [1.29, 1.82) is 0 Å². The number of imidazole rings is 1. The van der Waals surface area contributed by atoms with Crippen molar-refractivity contribution in [2.45, 2.75) is 84.1 Å². The number of hydrogen-bond acceptors (Lipinski definition) is 7. The number of rotatable bonds is 18. The molecule has 12 heteroatoms. The smallest absolute Gasteiger partial charge is 0.421 e. The van der Waals surface area contributed by atoms with Crippen LogP contribution in [0.15, 0.2) is 77.7 Å². The van der Waals surface area contributed by atoms with Gasteiger partial charge in [-0.3, -0.25) is 9.59 Å². The Morgan fingerprint density at radius 3 is 2.29 bits per heavy atom. The number of ketones is 1. The molecular weight excluding hydrogens is 672 g/mol. The van der Waals surface area contributed by atoms with E-state index < -0.39 is 21.9 Å². The van der Waals surface area contributed by atoms with Crippen molar-refractivity contribution in [3.8, 4) is 11.1 Å². The largest absolute Gasteiger partial charge is 0.449 e. The second kappa shape index (κ2) is 18.4. The van der Waals surface area contributed by atoms with Gasteiger partial charge in [-0.25, -0.2) is 27.3 Å². The number of carbonyl (C=O) groups excluding carboxylic acids is 3. The van der Waals surface area contributed by atoms with Gasteiger partial charge in [0.1, 0.15) is 17.3 Å². The maximum Gasteiger partial charge on any atom is 0.421 e. The molecule has 3 aromatic carbocycles. The van der Waals surface area contributed by atoms with Crippen LogP contribution in [0.4, 0.5) is 9.18 Å². The molecule has 1 heterocycles. The Morgan fingerprint density at radius 2 is 1.63 bits per heavy atom. The number of aryl methyl sites for hydroxylation is 2. The van der Waals surface area contributed by atoms with Crippen LogP contribution in [0.25, 0.3) is 11.1 Å². The van der Waals surface area contributed by atoms with Crippen LogP contribution in [0, 0.1) is 5.82 Å². The lowest BCUT2D eigenvalue weighted by atomic mass is 10.0. The summed E-state index contributed by atoms with van der Waals surface area (Å²) in [6, 6.07) is 19.4. The molecule has 0 unspecified atom stereocenters. The van der Waals surface area contributed by atoms with Crippen LogP contribution in [0.3, 0.4) is 0 Å². The molecule has 0 fully saturated rings. The fourth-order valence-corrected chi connectivity index (χ4v) is 6.98. The highest BCUT2D eigenvalue weighted by Gasteiger charge is 2.26. The maximum absolute atomic E-state index is 16.0. The molecule has 0 aliphatic carbocycles. The van der Waals surface area contributed by atoms with E-state index in [-0.39, 0.29) is 53.8 Å². The van der Waals surface area contributed by atoms with Gasteiger partial charge in [0.25, 0.3) is 15.9 Å². The molecule has 2 amide bonds. The maximum atomic E-state index is 16.0. The van der Waals surface area contributed by atoms with E-state index in [4.69, 9.17) is 9.72 Å². The molecule has 4 rings (SSSR count). The van der Waals surface area contributed by atoms with Gasteiger partial charge >= 0.3 is 6.09 Å². The minimum absolute atomic E-state index is 0.0300. The van der Waals surface area contributed by atoms with Gasteiger partial charge in [0.2, 0.25) is 0 Å². The van der Waals surface area contributed by atoms with Crippen molar-refractivity contribution in [2.24, 2.45) is 0 Å². The molecule has 0 bridgehead atoms. The number of hydrogen-bond donors (Lipinski definition) is 1. The van der Waals surface area contributed by atoms with Crippen molar-refractivity contribution in [3.05, 3.63) is 107 Å². The van der Waals surface area contributed by atoms with Gasteiger partial charge in [-0.15, -0.1) is 0 Å². The summed E-state index contributed by atoms with van der Waals surface area (Å²) >= 11 is 0. The second-order valence-corrected chi connectivity index (χ2v) is 13.9. The molecule has 0 saturated carbocycles. The fraction of sp³-hybridized carbons (Fsp3) is 0.385. The highest BCUT2D eigenvalue weighted by Crippen LogP contribution is 2.30. The number of carbonyl (C=O) groups is 3. The molecule has 0 aliphatic rings. The van der Waals surface area contributed by atoms with Crippen LogP contribution in [-0.4, -0.2) is 60.3 Å². The summed E-state index contributed by atoms with van der Waals surface area (Å²) in [7, 11) is -4.33. The number of sulfonamides is 1. The predicted octanol–water partition coefficient (Wildman–Crippen LogP) is 7.59. The number of ether oxygens (including phenoxy) is 1. The molecule has 1 aromatic heterocycles. The Kier molecular flexibility index (Phi) is 14.1. The Bertz CT molecular complexity index is 1930. The number of amides is 2. The lowest BCUT2D eigenvalue weighted by Gasteiger charge is -2.22. The van der Waals surface area contributed by atoms with E-state index in [2.05, 4.69) is 0 Å². The molecule has 0 atom stereocenters. The number of aromatic nitrogens is 2. The molecule has 10 nitrogen and oxygen atoms in total. The van der Waals surface area contributed by atoms with Crippen LogP contribution in [0.1, 0.15) is 97.7 Å². The van der Waals surface area contributed by atoms with Crippen molar-refractivity contribution in [2.75, 3.05) is 19.7 Å². The van der Waals surface area contributed by atoms with Gasteiger partial charge in [0.05, 0.1) is 23.7 Å². The Balaban J connectivity index is 1.61. The molecule has 0 spiro atoms. The molecule has 1 N–H and O–H groups in total. The molecule has 272 valence electrons. The van der Waals surface area contributed by atoms with Crippen LogP contribution >= 0.6 is 0 Å². The van der Waals surface area contributed by atoms with Crippen molar-refractivity contribution in [1.82, 2.24) is 19.2 Å². The third kappa shape index (κ3) is 9.90. The average molecular weight is 719 g/mol. The number of unbranched alkanes of at least 4 members (excludes halogenated alkanes) is 1. The SMILES string of the molecule is CCCCOC(=O)NS(=O)(=O)c1ccccc1-c1ccc(Cn2c(CCC)nc(CC)c2C(=O)CCN(CCC)C(=O)c2ccccc2)c(F)c1. The van der Waals surface area contributed by atoms with Crippen LogP contribution in [0.5, 0.6) is 0 Å². The normalized spacial score (nSPS) is 11.3. The van der Waals surface area contributed by atoms with Gasteiger partial charge < -0.3 is 14.2 Å². The molecule has 4 aromatic rings. The summed E-state index contributed by atoms with van der Waals surface area (Å²) in [5.41, 5.74) is 2.37. The highest BCUT2D eigenvalue weighted by molar-refractivity contribution is 7.90. The fourth-order valence-electron chi connectivity index (χ4n) is 5.86. The van der Waals surface area contributed by atoms with E-state index in [1.54, 1.807) is 51.9 Å². The van der Waals surface area contributed by atoms with Crippen LogP contribution < -0.4 is 4.72 Å². The van der Waals surface area contributed by atoms with Gasteiger partial charge in [0.15, 0.2) is 5.78 Å². The van der Waals surface area contributed by atoms with Gasteiger partial charge in [-0.05, 0) is 55.5 Å². The van der Waals surface area contributed by atoms with Crippen molar-refractivity contribution >= 4 is 27.8 Å². The molecule has 0 saturated heterocycles. The van der Waals surface area contributed by atoms with Crippen LogP contribution in [-0.2, 0) is 34.1 Å². The quantitative estimate of drug-likeness (QED) is 0.0830. The Hall–Kier alpha value is -4.84. The first kappa shape index (κ1) is 39.0. The lowest BCUT2D eigenvalue weighted by molar-refractivity contribution is 0.0743. The van der Waals surface area contributed by atoms with Gasteiger partial charge in [-0.2, -0.15) is 0 Å².